The van der Waals surface area contributed by atoms with Gasteiger partial charge < -0.3 is 5.21 Å². The van der Waals surface area contributed by atoms with Gasteiger partial charge >= 0.3 is 0 Å². The van der Waals surface area contributed by atoms with Crippen molar-refractivity contribution in [1.29, 1.82) is 0 Å². The zero-order chi connectivity index (χ0) is 7.84. The van der Waals surface area contributed by atoms with Gasteiger partial charge in [0.25, 0.3) is 0 Å². The minimum atomic E-state index is 0.534. The number of rotatable bonds is 0. The molecule has 2 heterocycles. The third-order valence-electron chi connectivity index (χ3n) is 1.58. The predicted octanol–water partition coefficient (Wildman–Crippen LogP) is -0.398. The Bertz CT molecular complexity index is 394. The molecule has 0 N–H and O–H groups in total. The summed E-state index contributed by atoms with van der Waals surface area (Å²) < 4.78 is 1.39. The first kappa shape index (κ1) is 6.09. The summed E-state index contributed by atoms with van der Waals surface area (Å²) in [6.07, 6.45) is 3.21. The molecule has 56 valence electrons. The molecule has 0 bridgehead atoms. The lowest BCUT2D eigenvalue weighted by molar-refractivity contribution is -0.744. The van der Waals surface area contributed by atoms with Crippen molar-refractivity contribution < 1.29 is 4.96 Å². The van der Waals surface area contributed by atoms with Crippen LogP contribution >= 0.6 is 0 Å². The fourth-order valence-corrected chi connectivity index (χ4v) is 0.964. The quantitative estimate of drug-likeness (QED) is 0.379. The Balaban J connectivity index is 2.92. The molecule has 5 nitrogen and oxygen atoms in total. The van der Waals surface area contributed by atoms with Crippen molar-refractivity contribution in [2.24, 2.45) is 7.05 Å². The Hall–Kier alpha value is -1.65. The summed E-state index contributed by atoms with van der Waals surface area (Å²) in [7, 11) is 1.64. The number of hydrogen-bond acceptors (Lipinski definition) is 3. The summed E-state index contributed by atoms with van der Waals surface area (Å²) in [5.74, 6) is 0. The average Bonchev–Trinajstić information content (AvgIpc) is 2.30. The van der Waals surface area contributed by atoms with Crippen molar-refractivity contribution in [3.05, 3.63) is 23.7 Å². The smallest absolute Gasteiger partial charge is 0.167 e. The first-order chi connectivity index (χ1) is 5.29. The first-order valence-corrected chi connectivity index (χ1v) is 3.15. The highest BCUT2D eigenvalue weighted by molar-refractivity contribution is 5.71. The van der Waals surface area contributed by atoms with Gasteiger partial charge in [0.1, 0.15) is 0 Å². The molecular formula is C6H6N4O. The molecule has 2 aromatic heterocycles. The monoisotopic (exact) mass is 150 g/mol. The molecule has 0 spiro atoms. The summed E-state index contributed by atoms with van der Waals surface area (Å²) in [5, 5.41) is 14.6. The summed E-state index contributed by atoms with van der Waals surface area (Å²) in [4.78, 5) is 4.41. The van der Waals surface area contributed by atoms with Crippen LogP contribution in [0.2, 0.25) is 0 Å². The average molecular weight is 150 g/mol. The van der Waals surface area contributed by atoms with Crippen LogP contribution in [0.15, 0.2) is 18.5 Å². The van der Waals surface area contributed by atoms with Crippen molar-refractivity contribution in [3.63, 3.8) is 0 Å². The normalized spacial score (nSPS) is 10.6. The van der Waals surface area contributed by atoms with Crippen molar-refractivity contribution in [2.75, 3.05) is 0 Å². The second kappa shape index (κ2) is 1.91. The Morgan fingerprint density at radius 3 is 3.18 bits per heavy atom. The SMILES string of the molecule is Cn1c2cnccc2n[n+]1[O-]. The van der Waals surface area contributed by atoms with Gasteiger partial charge in [-0.15, -0.1) is 4.68 Å². The van der Waals surface area contributed by atoms with E-state index in [1.165, 1.54) is 4.68 Å². The molecule has 0 amide bonds. The van der Waals surface area contributed by atoms with Crippen molar-refractivity contribution in [3.8, 4) is 0 Å². The third-order valence-corrected chi connectivity index (χ3v) is 1.58. The molecule has 0 fully saturated rings. The van der Waals surface area contributed by atoms with Crippen LogP contribution in [0.3, 0.4) is 0 Å². The van der Waals surface area contributed by atoms with Gasteiger partial charge in [0.05, 0.1) is 13.2 Å². The predicted molar refractivity (Wildman–Crippen MR) is 37.5 cm³/mol. The van der Waals surface area contributed by atoms with E-state index >= 15 is 0 Å². The molecular weight excluding hydrogens is 144 g/mol. The van der Waals surface area contributed by atoms with E-state index in [0.717, 1.165) is 5.52 Å². The molecule has 5 heteroatoms. The van der Waals surface area contributed by atoms with Crippen LogP contribution in [0.1, 0.15) is 0 Å². The zero-order valence-electron chi connectivity index (χ0n) is 5.93. The molecule has 0 aliphatic heterocycles. The van der Waals surface area contributed by atoms with Gasteiger partial charge in [0.15, 0.2) is 11.0 Å². The second-order valence-corrected chi connectivity index (χ2v) is 2.24. The molecule has 11 heavy (non-hydrogen) atoms. The highest BCUT2D eigenvalue weighted by atomic mass is 16.5. The van der Waals surface area contributed by atoms with Crippen molar-refractivity contribution >= 4 is 11.0 Å². The maximum atomic E-state index is 10.9. The van der Waals surface area contributed by atoms with Crippen LogP contribution in [0.4, 0.5) is 0 Å². The molecule has 0 radical (unpaired) electrons. The molecule has 0 atom stereocenters. The van der Waals surface area contributed by atoms with Gasteiger partial charge in [-0.25, -0.2) is 0 Å². The van der Waals surface area contributed by atoms with Gasteiger partial charge in [-0.3, -0.25) is 4.98 Å². The Morgan fingerprint density at radius 2 is 2.45 bits per heavy atom. The molecule has 0 aliphatic carbocycles. The lowest BCUT2D eigenvalue weighted by Crippen LogP contribution is -2.38. The number of nitrogens with zero attached hydrogens (tertiary/aromatic N) is 4. The van der Waals surface area contributed by atoms with E-state index < -0.39 is 0 Å². The van der Waals surface area contributed by atoms with Gasteiger partial charge in [0, 0.05) is 16.3 Å². The molecule has 0 aliphatic rings. The van der Waals surface area contributed by atoms with Gasteiger partial charge in [0.2, 0.25) is 0 Å². The van der Waals surface area contributed by atoms with Crippen LogP contribution in [0.5, 0.6) is 0 Å². The molecule has 0 unspecified atom stereocenters. The van der Waals surface area contributed by atoms with Crippen molar-refractivity contribution in [1.82, 2.24) is 14.8 Å². The van der Waals surface area contributed by atoms with Gasteiger partial charge in [-0.2, -0.15) is 0 Å². The number of aryl methyl sites for hydroxylation is 1. The number of pyridine rings is 1. The van der Waals surface area contributed by atoms with Crippen LogP contribution in [-0.2, 0) is 7.05 Å². The standard InChI is InChI=1S/C6H6N4O/c1-9-6-4-7-3-2-5(6)8-10(9)11/h2-4H,1H3. The zero-order valence-corrected chi connectivity index (χ0v) is 5.93. The highest BCUT2D eigenvalue weighted by Gasteiger charge is 2.07. The second-order valence-electron chi connectivity index (χ2n) is 2.24. The van der Waals surface area contributed by atoms with Gasteiger partial charge in [-0.1, -0.05) is 0 Å². The van der Waals surface area contributed by atoms with E-state index in [1.807, 2.05) is 0 Å². The first-order valence-electron chi connectivity index (χ1n) is 3.15. The van der Waals surface area contributed by atoms with E-state index in [0.29, 0.717) is 10.5 Å². The van der Waals surface area contributed by atoms with Crippen LogP contribution in [-0.4, -0.2) is 14.8 Å². The minimum absolute atomic E-state index is 0.534. The molecule has 2 aromatic rings. The van der Waals surface area contributed by atoms with Crippen LogP contribution in [0.25, 0.3) is 11.0 Å². The molecule has 0 saturated carbocycles. The van der Waals surface area contributed by atoms with E-state index in [-0.39, 0.29) is 0 Å². The topological polar surface area (TPSA) is 57.7 Å². The fraction of sp³-hybridized carbons (Fsp3) is 0.167. The highest BCUT2D eigenvalue weighted by Crippen LogP contribution is 2.03. The minimum Gasteiger partial charge on any atom is -0.571 e. The molecule has 0 aromatic carbocycles. The largest absolute Gasteiger partial charge is 0.571 e. The molecule has 2 rings (SSSR count). The van der Waals surface area contributed by atoms with E-state index in [4.69, 9.17) is 0 Å². The van der Waals surface area contributed by atoms with Crippen LogP contribution < -0.4 is 4.96 Å². The maximum Gasteiger partial charge on any atom is 0.167 e. The van der Waals surface area contributed by atoms with Crippen molar-refractivity contribution in [2.45, 2.75) is 0 Å². The number of aromatic nitrogens is 4. The summed E-state index contributed by atoms with van der Waals surface area (Å²) in [6, 6.07) is 1.70. The lowest BCUT2D eigenvalue weighted by Gasteiger charge is -1.89. The third kappa shape index (κ3) is 0.739. The lowest BCUT2D eigenvalue weighted by atomic mass is 10.4. The van der Waals surface area contributed by atoms with Gasteiger partial charge in [-0.05, 0) is 6.07 Å². The Labute approximate surface area is 62.5 Å². The summed E-state index contributed by atoms with van der Waals surface area (Å²) in [6.45, 7) is 0. The maximum absolute atomic E-state index is 10.9. The van der Waals surface area contributed by atoms with Crippen LogP contribution in [0, 0.1) is 5.21 Å². The molecule has 0 saturated heterocycles. The van der Waals surface area contributed by atoms with E-state index in [9.17, 15) is 5.21 Å². The summed E-state index contributed by atoms with van der Waals surface area (Å²) in [5.41, 5.74) is 1.40. The Morgan fingerprint density at radius 1 is 1.64 bits per heavy atom. The Kier molecular flexibility index (Phi) is 1.06. The summed E-state index contributed by atoms with van der Waals surface area (Å²) >= 11 is 0. The number of fused-ring (bicyclic) bond motifs is 1. The fourth-order valence-electron chi connectivity index (χ4n) is 0.964. The van der Waals surface area contributed by atoms with E-state index in [2.05, 4.69) is 10.1 Å². The number of hydrogen-bond donors (Lipinski definition) is 0. The van der Waals surface area contributed by atoms with E-state index in [1.54, 1.807) is 25.5 Å².